The molecule has 0 spiro atoms. The van der Waals surface area contributed by atoms with Crippen LogP contribution in [0.2, 0.25) is 0 Å². The minimum atomic E-state index is 0.793. The Kier molecular flexibility index (Phi) is 8.46. The second-order valence-electron chi connectivity index (χ2n) is 4.85. The Labute approximate surface area is 96.5 Å². The van der Waals surface area contributed by atoms with Gasteiger partial charge in [0.05, 0.1) is 0 Å². The zero-order chi connectivity index (χ0) is 11.7. The Bertz CT molecular complexity index is 204. The quantitative estimate of drug-likeness (QED) is 0.496. The van der Waals surface area contributed by atoms with Crippen LogP contribution < -0.4 is 0 Å². The van der Waals surface area contributed by atoms with Crippen molar-refractivity contribution in [1.29, 1.82) is 0 Å². The van der Waals surface area contributed by atoms with Gasteiger partial charge in [-0.2, -0.15) is 0 Å². The molecule has 0 aliphatic rings. The van der Waals surface area contributed by atoms with E-state index in [-0.39, 0.29) is 0 Å². The lowest BCUT2D eigenvalue weighted by Crippen LogP contribution is -1.91. The summed E-state index contributed by atoms with van der Waals surface area (Å²) in [5.74, 6) is 0.793. The second kappa shape index (κ2) is 8.76. The topological polar surface area (TPSA) is 0 Å². The van der Waals surface area contributed by atoms with Crippen LogP contribution in [0.4, 0.5) is 0 Å². The number of hydrogen-bond acceptors (Lipinski definition) is 0. The van der Waals surface area contributed by atoms with Crippen LogP contribution in [-0.2, 0) is 0 Å². The zero-order valence-electron chi connectivity index (χ0n) is 11.0. The first kappa shape index (κ1) is 14.5. The van der Waals surface area contributed by atoms with Crippen molar-refractivity contribution in [2.24, 2.45) is 5.92 Å². The van der Waals surface area contributed by atoms with Gasteiger partial charge in [0, 0.05) is 0 Å². The normalized spacial score (nSPS) is 13.8. The molecule has 0 aromatic heterocycles. The first-order chi connectivity index (χ1) is 7.06. The van der Waals surface area contributed by atoms with Crippen LogP contribution in [0.15, 0.2) is 23.3 Å². The lowest BCUT2D eigenvalue weighted by Gasteiger charge is -2.07. The smallest absolute Gasteiger partial charge is 0.0288 e. The molecule has 1 atom stereocenters. The van der Waals surface area contributed by atoms with Gasteiger partial charge in [0.1, 0.15) is 0 Å². The van der Waals surface area contributed by atoms with Crippen LogP contribution in [0.3, 0.4) is 0 Å². The Morgan fingerprint density at radius 2 is 1.87 bits per heavy atom. The van der Waals surface area contributed by atoms with Gasteiger partial charge in [0.15, 0.2) is 0 Å². The maximum atomic E-state index is 3.89. The average Bonchev–Trinajstić information content (AvgIpc) is 2.14. The summed E-state index contributed by atoms with van der Waals surface area (Å²) in [4.78, 5) is 0. The third-order valence-electron chi connectivity index (χ3n) is 2.66. The molecule has 0 amide bonds. The second-order valence-corrected chi connectivity index (χ2v) is 4.85. The van der Waals surface area contributed by atoms with Gasteiger partial charge in [0.2, 0.25) is 0 Å². The lowest BCUT2D eigenvalue weighted by atomic mass is 10.00. The van der Waals surface area contributed by atoms with E-state index >= 15 is 0 Å². The van der Waals surface area contributed by atoms with E-state index in [2.05, 4.69) is 46.8 Å². The van der Waals surface area contributed by atoms with E-state index in [4.69, 9.17) is 0 Å². The van der Waals surface area contributed by atoms with Gasteiger partial charge in [-0.15, -0.1) is 0 Å². The van der Waals surface area contributed by atoms with Gasteiger partial charge in [-0.1, -0.05) is 50.0 Å². The van der Waals surface area contributed by atoms with Gasteiger partial charge < -0.3 is 0 Å². The van der Waals surface area contributed by atoms with Crippen molar-refractivity contribution in [3.05, 3.63) is 30.2 Å². The zero-order valence-corrected chi connectivity index (χ0v) is 11.0. The van der Waals surface area contributed by atoms with Crippen molar-refractivity contribution in [3.8, 4) is 0 Å². The summed E-state index contributed by atoms with van der Waals surface area (Å²) in [5.41, 5.74) is 2.96. The molecule has 0 saturated carbocycles. The highest BCUT2D eigenvalue weighted by molar-refractivity contribution is 5.02. The largest absolute Gasteiger partial charge is 0.0856 e. The minimum Gasteiger partial charge on any atom is -0.0856 e. The first-order valence-corrected chi connectivity index (χ1v) is 6.14. The maximum absolute atomic E-state index is 3.89. The molecule has 0 heteroatoms. The predicted molar refractivity (Wildman–Crippen MR) is 70.8 cm³/mol. The molecule has 0 aromatic rings. The van der Waals surface area contributed by atoms with E-state index < -0.39 is 0 Å². The Balaban J connectivity index is 3.74. The van der Waals surface area contributed by atoms with Crippen LogP contribution in [0.5, 0.6) is 0 Å². The molecular formula is C15H27. The third-order valence-corrected chi connectivity index (χ3v) is 2.66. The highest BCUT2D eigenvalue weighted by atomic mass is 14.0. The molecule has 0 aromatic carbocycles. The van der Waals surface area contributed by atoms with Crippen molar-refractivity contribution in [1.82, 2.24) is 0 Å². The number of hydrogen-bond donors (Lipinski definition) is 0. The fourth-order valence-corrected chi connectivity index (χ4v) is 1.56. The van der Waals surface area contributed by atoms with Crippen molar-refractivity contribution in [2.75, 3.05) is 0 Å². The molecule has 0 fully saturated rings. The minimum absolute atomic E-state index is 0.793. The summed E-state index contributed by atoms with van der Waals surface area (Å²) >= 11 is 0. The molecule has 15 heavy (non-hydrogen) atoms. The van der Waals surface area contributed by atoms with Crippen molar-refractivity contribution in [3.63, 3.8) is 0 Å². The molecule has 0 nitrogen and oxygen atoms in total. The van der Waals surface area contributed by atoms with Crippen LogP contribution in [0, 0.1) is 12.8 Å². The van der Waals surface area contributed by atoms with Crippen LogP contribution in [0.25, 0.3) is 0 Å². The molecular weight excluding hydrogens is 180 g/mol. The van der Waals surface area contributed by atoms with Crippen molar-refractivity contribution in [2.45, 2.75) is 59.8 Å². The Hall–Kier alpha value is -0.520. The third kappa shape index (κ3) is 9.78. The average molecular weight is 207 g/mol. The van der Waals surface area contributed by atoms with Gasteiger partial charge in [-0.25, -0.2) is 0 Å². The van der Waals surface area contributed by atoms with E-state index in [1.807, 2.05) is 0 Å². The van der Waals surface area contributed by atoms with E-state index in [0.29, 0.717) is 0 Å². The molecule has 0 saturated heterocycles. The molecule has 0 heterocycles. The summed E-state index contributed by atoms with van der Waals surface area (Å²) in [7, 11) is 0. The highest BCUT2D eigenvalue weighted by Crippen LogP contribution is 2.14. The fourth-order valence-electron chi connectivity index (χ4n) is 1.56. The molecule has 0 bridgehead atoms. The molecule has 1 unspecified atom stereocenters. The maximum Gasteiger partial charge on any atom is -0.0288 e. The summed E-state index contributed by atoms with van der Waals surface area (Å²) in [6.07, 6.45) is 10.6. The van der Waals surface area contributed by atoms with E-state index in [1.54, 1.807) is 0 Å². The van der Waals surface area contributed by atoms with Crippen LogP contribution in [0.1, 0.15) is 59.8 Å². The van der Waals surface area contributed by atoms with Gasteiger partial charge in [-0.05, 0) is 46.0 Å². The summed E-state index contributed by atoms with van der Waals surface area (Å²) in [6, 6.07) is 0. The van der Waals surface area contributed by atoms with Gasteiger partial charge in [-0.3, -0.25) is 0 Å². The van der Waals surface area contributed by atoms with Crippen molar-refractivity contribution < 1.29 is 0 Å². The molecule has 87 valence electrons. The van der Waals surface area contributed by atoms with Crippen LogP contribution >= 0.6 is 0 Å². The summed E-state index contributed by atoms with van der Waals surface area (Å²) in [6.45, 7) is 12.8. The first-order valence-electron chi connectivity index (χ1n) is 6.14. The highest BCUT2D eigenvalue weighted by Gasteiger charge is 1.97. The Morgan fingerprint density at radius 3 is 2.40 bits per heavy atom. The van der Waals surface area contributed by atoms with E-state index in [0.717, 1.165) is 12.3 Å². The lowest BCUT2D eigenvalue weighted by molar-refractivity contribution is 0.543. The molecule has 0 aliphatic carbocycles. The predicted octanol–water partition coefficient (Wildman–Crippen LogP) is 5.32. The molecule has 0 rings (SSSR count). The summed E-state index contributed by atoms with van der Waals surface area (Å²) in [5, 5.41) is 0. The van der Waals surface area contributed by atoms with Gasteiger partial charge >= 0.3 is 0 Å². The van der Waals surface area contributed by atoms with Crippen LogP contribution in [-0.4, -0.2) is 0 Å². The van der Waals surface area contributed by atoms with E-state index in [9.17, 15) is 0 Å². The SMILES string of the molecule is [CH2]CCC(C)CC=C(C)CCC=C(C)C. The fraction of sp³-hybridized carbons (Fsp3) is 0.667. The molecule has 1 radical (unpaired) electrons. The summed E-state index contributed by atoms with van der Waals surface area (Å²) < 4.78 is 0. The van der Waals surface area contributed by atoms with Gasteiger partial charge in [0.25, 0.3) is 0 Å². The standard InChI is InChI=1S/C15H27/c1-6-8-14(4)11-12-15(5)10-7-9-13(2)3/h9,12,14H,1,6-8,10-11H2,2-5H3. The van der Waals surface area contributed by atoms with E-state index in [1.165, 1.54) is 36.8 Å². The monoisotopic (exact) mass is 207 g/mol. The Morgan fingerprint density at radius 1 is 1.20 bits per heavy atom. The number of allylic oxidation sites excluding steroid dienone is 4. The molecule has 0 N–H and O–H groups in total. The molecule has 0 aliphatic heterocycles. The van der Waals surface area contributed by atoms with Crippen molar-refractivity contribution >= 4 is 0 Å². The number of rotatable bonds is 7.